The fourth-order valence-electron chi connectivity index (χ4n) is 4.04. The van der Waals surface area contributed by atoms with Crippen molar-refractivity contribution >= 4 is 23.1 Å². The number of piperidine rings is 1. The molecule has 32 heavy (non-hydrogen) atoms. The highest BCUT2D eigenvalue weighted by atomic mass is 16.2. The molecule has 0 saturated carbocycles. The van der Waals surface area contributed by atoms with Crippen LogP contribution in [0.25, 0.3) is 11.3 Å². The van der Waals surface area contributed by atoms with Gasteiger partial charge in [0.25, 0.3) is 0 Å². The number of benzene rings is 2. The van der Waals surface area contributed by atoms with Crippen LogP contribution in [-0.2, 0) is 6.42 Å². The first-order chi connectivity index (χ1) is 15.5. The van der Waals surface area contributed by atoms with Crippen LogP contribution in [0.5, 0.6) is 0 Å². The molecule has 6 nitrogen and oxygen atoms in total. The van der Waals surface area contributed by atoms with Crippen molar-refractivity contribution in [2.45, 2.75) is 33.1 Å². The number of nitrogens with zero attached hydrogens (tertiary/aromatic N) is 2. The van der Waals surface area contributed by atoms with Gasteiger partial charge in [-0.05, 0) is 87.5 Å². The predicted molar refractivity (Wildman–Crippen MR) is 131 cm³/mol. The highest BCUT2D eigenvalue weighted by Gasteiger charge is 2.15. The molecule has 2 aromatic carbocycles. The van der Waals surface area contributed by atoms with Crippen LogP contribution in [0.2, 0.25) is 0 Å². The molecule has 0 spiro atoms. The first kappa shape index (κ1) is 21.8. The Hall–Kier alpha value is -3.38. The van der Waals surface area contributed by atoms with Crippen molar-refractivity contribution in [3.8, 4) is 5.69 Å². The fourth-order valence-corrected chi connectivity index (χ4v) is 4.04. The Morgan fingerprint density at radius 3 is 2.59 bits per heavy atom. The minimum Gasteiger partial charge on any atom is -0.317 e. The summed E-state index contributed by atoms with van der Waals surface area (Å²) in [6.07, 6.45) is 3.44. The summed E-state index contributed by atoms with van der Waals surface area (Å²) in [4.78, 5) is 12.8. The molecule has 2 heterocycles. The summed E-state index contributed by atoms with van der Waals surface area (Å²) in [6.45, 7) is 10.1. The predicted octanol–water partition coefficient (Wildman–Crippen LogP) is 5.40. The minimum atomic E-state index is -0.300. The number of aryl methyl sites for hydroxylation is 1. The van der Waals surface area contributed by atoms with Crippen LogP contribution >= 0.6 is 0 Å². The molecule has 3 N–H and O–H groups in total. The summed E-state index contributed by atoms with van der Waals surface area (Å²) in [5, 5.41) is 13.9. The van der Waals surface area contributed by atoms with Crippen LogP contribution in [-0.4, -0.2) is 28.9 Å². The minimum absolute atomic E-state index is 0.300. The van der Waals surface area contributed by atoms with E-state index in [0.29, 0.717) is 11.7 Å². The maximum absolute atomic E-state index is 12.8. The number of rotatable bonds is 6. The van der Waals surface area contributed by atoms with Gasteiger partial charge in [-0.1, -0.05) is 36.4 Å². The normalized spacial score (nSPS) is 14.2. The van der Waals surface area contributed by atoms with Crippen LogP contribution in [0.4, 0.5) is 16.3 Å². The van der Waals surface area contributed by atoms with Gasteiger partial charge in [-0.15, -0.1) is 0 Å². The number of aromatic nitrogens is 2. The Bertz CT molecular complexity index is 1090. The van der Waals surface area contributed by atoms with Gasteiger partial charge in [-0.3, -0.25) is 5.32 Å². The molecule has 0 aliphatic carbocycles. The lowest BCUT2D eigenvalue weighted by atomic mass is 9.91. The molecule has 0 radical (unpaired) electrons. The SMILES string of the molecule is C=C(C)c1cc(NC(=O)Nc2cccc(CC3CCNCC3)c2)n(-c2ccc(C)cc2)n1. The Kier molecular flexibility index (Phi) is 6.71. The highest BCUT2D eigenvalue weighted by Crippen LogP contribution is 2.23. The maximum atomic E-state index is 12.8. The van der Waals surface area contributed by atoms with E-state index in [2.05, 4.69) is 39.8 Å². The highest BCUT2D eigenvalue weighted by molar-refractivity contribution is 5.99. The van der Waals surface area contributed by atoms with Crippen molar-refractivity contribution < 1.29 is 4.79 Å². The first-order valence-corrected chi connectivity index (χ1v) is 11.2. The number of nitrogens with one attached hydrogen (secondary N) is 3. The first-order valence-electron chi connectivity index (χ1n) is 11.2. The van der Waals surface area contributed by atoms with Crippen LogP contribution < -0.4 is 16.0 Å². The average Bonchev–Trinajstić information content (AvgIpc) is 3.19. The topological polar surface area (TPSA) is 71.0 Å². The Balaban J connectivity index is 1.47. The van der Waals surface area contributed by atoms with Crippen molar-refractivity contribution in [3.63, 3.8) is 0 Å². The summed E-state index contributed by atoms with van der Waals surface area (Å²) in [5.74, 6) is 1.29. The van der Waals surface area contributed by atoms with E-state index in [4.69, 9.17) is 0 Å². The number of carbonyl (C=O) groups excluding carboxylic acids is 1. The third kappa shape index (κ3) is 5.45. The number of allylic oxidation sites excluding steroid dienone is 1. The molecule has 0 atom stereocenters. The smallest absolute Gasteiger partial charge is 0.317 e. The van der Waals surface area contributed by atoms with E-state index in [-0.39, 0.29) is 6.03 Å². The molecule has 1 aromatic heterocycles. The van der Waals surface area contributed by atoms with E-state index in [9.17, 15) is 4.79 Å². The van der Waals surface area contributed by atoms with E-state index < -0.39 is 0 Å². The fraction of sp³-hybridized carbons (Fsp3) is 0.308. The van der Waals surface area contributed by atoms with E-state index >= 15 is 0 Å². The molecule has 166 valence electrons. The van der Waals surface area contributed by atoms with Gasteiger partial charge in [0.2, 0.25) is 0 Å². The second-order valence-electron chi connectivity index (χ2n) is 8.62. The van der Waals surface area contributed by atoms with E-state index in [1.54, 1.807) is 4.68 Å². The molecule has 0 unspecified atom stereocenters. The quantitative estimate of drug-likeness (QED) is 0.491. The van der Waals surface area contributed by atoms with Crippen molar-refractivity contribution in [2.24, 2.45) is 5.92 Å². The molecular weight excluding hydrogens is 398 g/mol. The number of anilines is 2. The van der Waals surface area contributed by atoms with Crippen LogP contribution in [0, 0.1) is 12.8 Å². The van der Waals surface area contributed by atoms with Gasteiger partial charge >= 0.3 is 6.03 Å². The van der Waals surface area contributed by atoms with Crippen molar-refractivity contribution in [1.82, 2.24) is 15.1 Å². The third-order valence-electron chi connectivity index (χ3n) is 5.83. The molecule has 1 fully saturated rings. The average molecular weight is 430 g/mol. The molecule has 1 aliphatic rings. The van der Waals surface area contributed by atoms with Crippen molar-refractivity contribution in [3.05, 3.63) is 78.0 Å². The van der Waals surface area contributed by atoms with Gasteiger partial charge in [0.1, 0.15) is 5.82 Å². The van der Waals surface area contributed by atoms with E-state index in [0.717, 1.165) is 47.7 Å². The van der Waals surface area contributed by atoms with Gasteiger partial charge in [0, 0.05) is 11.8 Å². The molecule has 1 aliphatic heterocycles. The van der Waals surface area contributed by atoms with Crippen LogP contribution in [0.15, 0.2) is 61.2 Å². The summed E-state index contributed by atoms with van der Waals surface area (Å²) >= 11 is 0. The molecule has 3 aromatic rings. The summed E-state index contributed by atoms with van der Waals surface area (Å²) in [5.41, 5.74) is 5.66. The lowest BCUT2D eigenvalue weighted by Gasteiger charge is -2.22. The third-order valence-corrected chi connectivity index (χ3v) is 5.83. The zero-order valence-electron chi connectivity index (χ0n) is 18.8. The summed E-state index contributed by atoms with van der Waals surface area (Å²) in [7, 11) is 0. The second kappa shape index (κ2) is 9.83. The number of hydrogen-bond donors (Lipinski definition) is 3. The van der Waals surface area contributed by atoms with E-state index in [1.807, 2.05) is 56.3 Å². The zero-order chi connectivity index (χ0) is 22.5. The van der Waals surface area contributed by atoms with Gasteiger partial charge in [-0.25, -0.2) is 9.48 Å². The number of urea groups is 1. The molecule has 1 saturated heterocycles. The molecule has 2 amide bonds. The summed E-state index contributed by atoms with van der Waals surface area (Å²) in [6, 6.07) is 17.7. The molecular formula is C26H31N5O. The second-order valence-corrected chi connectivity index (χ2v) is 8.62. The molecule has 6 heteroatoms. The lowest BCUT2D eigenvalue weighted by Crippen LogP contribution is -2.28. The van der Waals surface area contributed by atoms with Crippen LogP contribution in [0.1, 0.15) is 36.6 Å². The van der Waals surface area contributed by atoms with Crippen LogP contribution in [0.3, 0.4) is 0 Å². The largest absolute Gasteiger partial charge is 0.324 e. The number of carbonyl (C=O) groups is 1. The van der Waals surface area contributed by atoms with Gasteiger partial charge < -0.3 is 10.6 Å². The van der Waals surface area contributed by atoms with Crippen molar-refractivity contribution in [1.29, 1.82) is 0 Å². The summed E-state index contributed by atoms with van der Waals surface area (Å²) < 4.78 is 1.73. The van der Waals surface area contributed by atoms with E-state index in [1.165, 1.54) is 18.4 Å². The Labute approximate surface area is 189 Å². The van der Waals surface area contributed by atoms with Crippen molar-refractivity contribution in [2.75, 3.05) is 23.7 Å². The lowest BCUT2D eigenvalue weighted by molar-refractivity contribution is 0.262. The standard InChI is InChI=1S/C26H31N5O/c1-18(2)24-17-25(31(30-24)23-9-7-19(3)8-10-23)29-26(32)28-22-6-4-5-21(16-22)15-20-11-13-27-14-12-20/h4-10,16-17,20,27H,1,11-15H2,2-3H3,(H2,28,29,32). The van der Waals surface area contributed by atoms with Gasteiger partial charge in [0.15, 0.2) is 0 Å². The van der Waals surface area contributed by atoms with Gasteiger partial charge in [0.05, 0.1) is 11.4 Å². The van der Waals surface area contributed by atoms with Gasteiger partial charge in [-0.2, -0.15) is 5.10 Å². The Morgan fingerprint density at radius 1 is 1.12 bits per heavy atom. The molecule has 0 bridgehead atoms. The Morgan fingerprint density at radius 2 is 1.88 bits per heavy atom. The molecule has 4 rings (SSSR count). The maximum Gasteiger partial charge on any atom is 0.324 e. The monoisotopic (exact) mass is 429 g/mol. The number of amides is 2. The number of hydrogen-bond acceptors (Lipinski definition) is 3. The zero-order valence-corrected chi connectivity index (χ0v) is 18.8.